The van der Waals surface area contributed by atoms with Gasteiger partial charge in [0.2, 0.25) is 0 Å². The summed E-state index contributed by atoms with van der Waals surface area (Å²) in [5.74, 6) is -0.245. The molecule has 0 heterocycles. The fourth-order valence-electron chi connectivity index (χ4n) is 1.37. The first-order chi connectivity index (χ1) is 10.5. The predicted molar refractivity (Wildman–Crippen MR) is 79.0 cm³/mol. The van der Waals surface area contributed by atoms with Crippen molar-refractivity contribution in [2.24, 2.45) is 0 Å². The van der Waals surface area contributed by atoms with E-state index in [1.165, 1.54) is 24.3 Å². The molecule has 0 fully saturated rings. The van der Waals surface area contributed by atoms with E-state index in [1.807, 2.05) is 0 Å². The van der Waals surface area contributed by atoms with Crippen molar-refractivity contribution in [3.05, 3.63) is 42.5 Å². The summed E-state index contributed by atoms with van der Waals surface area (Å²) < 4.78 is 14.5. The summed E-state index contributed by atoms with van der Waals surface area (Å²) in [5.41, 5.74) is 0.302. The SMILES string of the molecule is C=CC(=O)OCCCCOC(=O)Oc1ccc(C(=O)Cl)cc1. The van der Waals surface area contributed by atoms with Gasteiger partial charge in [0.15, 0.2) is 0 Å². The molecule has 6 nitrogen and oxygen atoms in total. The van der Waals surface area contributed by atoms with E-state index in [4.69, 9.17) is 25.8 Å². The molecular weight excluding hydrogens is 312 g/mol. The second-order valence-electron chi connectivity index (χ2n) is 4.08. The zero-order chi connectivity index (χ0) is 16.4. The van der Waals surface area contributed by atoms with Crippen LogP contribution in [0.15, 0.2) is 36.9 Å². The molecule has 0 aromatic heterocycles. The third kappa shape index (κ3) is 6.90. The smallest absolute Gasteiger partial charge is 0.463 e. The molecule has 0 aliphatic heterocycles. The molecule has 7 heteroatoms. The Labute approximate surface area is 132 Å². The van der Waals surface area contributed by atoms with Gasteiger partial charge in [-0.2, -0.15) is 0 Å². The Morgan fingerprint density at radius 3 is 2.18 bits per heavy atom. The molecule has 0 aliphatic rings. The second kappa shape index (κ2) is 9.57. The average Bonchev–Trinajstić information content (AvgIpc) is 2.50. The van der Waals surface area contributed by atoms with E-state index in [-0.39, 0.29) is 19.0 Å². The zero-order valence-corrected chi connectivity index (χ0v) is 12.5. The van der Waals surface area contributed by atoms with Crippen molar-refractivity contribution in [2.45, 2.75) is 12.8 Å². The molecule has 1 aromatic rings. The summed E-state index contributed by atoms with van der Waals surface area (Å²) in [6.07, 6.45) is 1.31. The lowest BCUT2D eigenvalue weighted by Crippen LogP contribution is -2.12. The van der Waals surface area contributed by atoms with Crippen molar-refractivity contribution in [3.8, 4) is 5.75 Å². The molecule has 0 atom stereocenters. The largest absolute Gasteiger partial charge is 0.513 e. The highest BCUT2D eigenvalue weighted by atomic mass is 35.5. The van der Waals surface area contributed by atoms with Crippen LogP contribution >= 0.6 is 11.6 Å². The topological polar surface area (TPSA) is 78.9 Å². The number of carbonyl (C=O) groups excluding carboxylic acids is 3. The fraction of sp³-hybridized carbons (Fsp3) is 0.267. The minimum atomic E-state index is -0.854. The van der Waals surface area contributed by atoms with Gasteiger partial charge in [0.25, 0.3) is 5.24 Å². The molecule has 0 bridgehead atoms. The summed E-state index contributed by atoms with van der Waals surface area (Å²) in [6, 6.07) is 5.75. The van der Waals surface area contributed by atoms with Crippen LogP contribution < -0.4 is 4.74 Å². The number of hydrogen-bond acceptors (Lipinski definition) is 6. The second-order valence-corrected chi connectivity index (χ2v) is 4.42. The third-order valence-corrected chi connectivity index (χ3v) is 2.67. The molecule has 0 aliphatic carbocycles. The highest BCUT2D eigenvalue weighted by Crippen LogP contribution is 2.14. The van der Waals surface area contributed by atoms with Crippen molar-refractivity contribution >= 4 is 29.0 Å². The van der Waals surface area contributed by atoms with Crippen LogP contribution in [0, 0.1) is 0 Å². The number of carbonyl (C=O) groups is 3. The number of rotatable bonds is 8. The molecule has 0 unspecified atom stereocenters. The maximum atomic E-state index is 11.4. The Balaban J connectivity index is 2.19. The van der Waals surface area contributed by atoms with Gasteiger partial charge in [0.1, 0.15) is 5.75 Å². The molecular formula is C15H15ClO6. The van der Waals surface area contributed by atoms with Crippen molar-refractivity contribution < 1.29 is 28.6 Å². The number of esters is 1. The van der Waals surface area contributed by atoms with Crippen LogP contribution in [-0.2, 0) is 14.3 Å². The maximum Gasteiger partial charge on any atom is 0.513 e. The van der Waals surface area contributed by atoms with Crippen molar-refractivity contribution in [1.82, 2.24) is 0 Å². The lowest BCUT2D eigenvalue weighted by Gasteiger charge is -2.06. The lowest BCUT2D eigenvalue weighted by atomic mass is 10.2. The van der Waals surface area contributed by atoms with E-state index in [0.29, 0.717) is 18.4 Å². The van der Waals surface area contributed by atoms with Gasteiger partial charge in [-0.1, -0.05) is 6.58 Å². The van der Waals surface area contributed by atoms with Crippen molar-refractivity contribution in [2.75, 3.05) is 13.2 Å². The Morgan fingerprint density at radius 2 is 1.64 bits per heavy atom. The molecule has 0 saturated carbocycles. The van der Waals surface area contributed by atoms with Gasteiger partial charge in [-0.25, -0.2) is 9.59 Å². The molecule has 0 saturated heterocycles. The summed E-state index contributed by atoms with van der Waals surface area (Å²) in [7, 11) is 0. The third-order valence-electron chi connectivity index (χ3n) is 2.45. The fourth-order valence-corrected chi connectivity index (χ4v) is 1.50. The highest BCUT2D eigenvalue weighted by molar-refractivity contribution is 6.67. The summed E-state index contributed by atoms with van der Waals surface area (Å²) in [5, 5.41) is -0.591. The van der Waals surface area contributed by atoms with Crippen LogP contribution in [0.4, 0.5) is 4.79 Å². The average molecular weight is 327 g/mol. The summed E-state index contributed by atoms with van der Waals surface area (Å²) in [4.78, 5) is 33.0. The molecule has 0 N–H and O–H groups in total. The molecule has 0 amide bonds. The first-order valence-electron chi connectivity index (χ1n) is 6.46. The molecule has 0 radical (unpaired) electrons. The van der Waals surface area contributed by atoms with E-state index in [9.17, 15) is 14.4 Å². The van der Waals surface area contributed by atoms with Gasteiger partial charge in [0, 0.05) is 11.6 Å². The van der Waals surface area contributed by atoms with E-state index >= 15 is 0 Å². The Hall–Kier alpha value is -2.34. The Morgan fingerprint density at radius 1 is 1.05 bits per heavy atom. The van der Waals surface area contributed by atoms with Gasteiger partial charge in [-0.05, 0) is 48.7 Å². The van der Waals surface area contributed by atoms with E-state index in [0.717, 1.165) is 6.08 Å². The Kier molecular flexibility index (Phi) is 7.70. The van der Waals surface area contributed by atoms with Gasteiger partial charge >= 0.3 is 12.1 Å². The van der Waals surface area contributed by atoms with Crippen LogP contribution in [0.1, 0.15) is 23.2 Å². The van der Waals surface area contributed by atoms with E-state index in [2.05, 4.69) is 6.58 Å². The number of ether oxygens (including phenoxy) is 3. The number of unbranched alkanes of at least 4 members (excludes halogenated alkanes) is 1. The molecule has 1 aromatic carbocycles. The summed E-state index contributed by atoms with van der Waals surface area (Å²) >= 11 is 5.29. The minimum Gasteiger partial charge on any atom is -0.463 e. The monoisotopic (exact) mass is 326 g/mol. The predicted octanol–water partition coefficient (Wildman–Crippen LogP) is 3.09. The van der Waals surface area contributed by atoms with Crippen molar-refractivity contribution in [1.29, 1.82) is 0 Å². The first-order valence-corrected chi connectivity index (χ1v) is 6.84. The molecule has 1 rings (SSSR count). The number of hydrogen-bond donors (Lipinski definition) is 0. The van der Waals surface area contributed by atoms with Crippen molar-refractivity contribution in [3.63, 3.8) is 0 Å². The molecule has 0 spiro atoms. The normalized spacial score (nSPS) is 9.68. The number of halogens is 1. The van der Waals surface area contributed by atoms with Crippen LogP contribution in [-0.4, -0.2) is 30.6 Å². The lowest BCUT2D eigenvalue weighted by molar-refractivity contribution is -0.137. The molecule has 118 valence electrons. The highest BCUT2D eigenvalue weighted by Gasteiger charge is 2.07. The van der Waals surface area contributed by atoms with Gasteiger partial charge in [-0.3, -0.25) is 4.79 Å². The zero-order valence-electron chi connectivity index (χ0n) is 11.7. The van der Waals surface area contributed by atoms with E-state index < -0.39 is 17.4 Å². The first kappa shape index (κ1) is 17.7. The standard InChI is InChI=1S/C15H15ClO6/c1-2-13(17)20-9-3-4-10-21-15(19)22-12-7-5-11(6-8-12)14(16)18/h2,5-8H,1,3-4,9-10H2. The van der Waals surface area contributed by atoms with Crippen LogP contribution in [0.25, 0.3) is 0 Å². The van der Waals surface area contributed by atoms with Crippen LogP contribution in [0.5, 0.6) is 5.75 Å². The van der Waals surface area contributed by atoms with Gasteiger partial charge < -0.3 is 14.2 Å². The van der Waals surface area contributed by atoms with Crippen LogP contribution in [0.3, 0.4) is 0 Å². The van der Waals surface area contributed by atoms with Gasteiger partial charge in [-0.15, -0.1) is 0 Å². The Bertz CT molecular complexity index is 537. The molecule has 22 heavy (non-hydrogen) atoms. The maximum absolute atomic E-state index is 11.4. The number of benzene rings is 1. The minimum absolute atomic E-state index is 0.142. The quantitative estimate of drug-likeness (QED) is 0.240. The van der Waals surface area contributed by atoms with Gasteiger partial charge in [0.05, 0.1) is 13.2 Å². The van der Waals surface area contributed by atoms with Crippen LogP contribution in [0.2, 0.25) is 0 Å². The summed E-state index contributed by atoms with van der Waals surface area (Å²) in [6.45, 7) is 3.64. The van der Waals surface area contributed by atoms with E-state index in [1.54, 1.807) is 0 Å².